The monoisotopic (exact) mass is 328 g/mol. The van der Waals surface area contributed by atoms with Gasteiger partial charge in [0.1, 0.15) is 13.2 Å². The lowest BCUT2D eigenvalue weighted by molar-refractivity contribution is 0.172. The lowest BCUT2D eigenvalue weighted by Gasteiger charge is -2.18. The maximum Gasteiger partial charge on any atom is 0.252 e. The molecule has 0 spiro atoms. The van der Waals surface area contributed by atoms with Crippen LogP contribution >= 0.6 is 11.3 Å². The molecule has 1 aliphatic rings. The van der Waals surface area contributed by atoms with E-state index >= 15 is 0 Å². The zero-order valence-electron chi connectivity index (χ0n) is 12.4. The van der Waals surface area contributed by atoms with Crippen molar-refractivity contribution in [2.75, 3.05) is 13.2 Å². The highest BCUT2D eigenvalue weighted by Crippen LogP contribution is 2.33. The van der Waals surface area contributed by atoms with Crippen LogP contribution in [0.1, 0.15) is 10.4 Å². The van der Waals surface area contributed by atoms with Gasteiger partial charge >= 0.3 is 0 Å². The second-order valence-electron chi connectivity index (χ2n) is 5.39. The Hall–Kier alpha value is -2.31. The third-order valence-corrected chi connectivity index (χ3v) is 4.66. The minimum atomic E-state index is -0.0761. The van der Waals surface area contributed by atoms with Gasteiger partial charge < -0.3 is 19.8 Å². The molecule has 3 aromatic rings. The number of pyridine rings is 1. The molecule has 1 aliphatic heterocycles. The van der Waals surface area contributed by atoms with Crippen LogP contribution in [0, 0.1) is 0 Å². The molecule has 0 saturated heterocycles. The Morgan fingerprint density at radius 2 is 1.96 bits per heavy atom. The normalized spacial score (nSPS) is 13.4. The number of hydrogen-bond donors (Lipinski definition) is 2. The van der Waals surface area contributed by atoms with Crippen LogP contribution in [0.5, 0.6) is 11.5 Å². The van der Waals surface area contributed by atoms with Crippen LogP contribution in [0.3, 0.4) is 0 Å². The summed E-state index contributed by atoms with van der Waals surface area (Å²) >= 11 is 1.70. The van der Waals surface area contributed by atoms with Crippen molar-refractivity contribution in [2.24, 2.45) is 0 Å². The molecule has 0 saturated carbocycles. The van der Waals surface area contributed by atoms with Gasteiger partial charge in [0.25, 0.3) is 5.56 Å². The van der Waals surface area contributed by atoms with Gasteiger partial charge in [-0.05, 0) is 23.6 Å². The second-order valence-corrected chi connectivity index (χ2v) is 6.42. The topological polar surface area (TPSA) is 63.4 Å². The van der Waals surface area contributed by atoms with Gasteiger partial charge in [0.05, 0.1) is 5.52 Å². The van der Waals surface area contributed by atoms with Gasteiger partial charge in [-0.25, -0.2) is 0 Å². The number of ether oxygens (including phenoxy) is 2. The van der Waals surface area contributed by atoms with E-state index in [4.69, 9.17) is 9.47 Å². The van der Waals surface area contributed by atoms with Crippen molar-refractivity contribution >= 4 is 22.2 Å². The molecule has 0 atom stereocenters. The molecule has 4 rings (SSSR count). The quantitative estimate of drug-likeness (QED) is 0.773. The van der Waals surface area contributed by atoms with E-state index in [0.717, 1.165) is 23.2 Å². The molecule has 3 heterocycles. The highest BCUT2D eigenvalue weighted by Gasteiger charge is 2.14. The van der Waals surface area contributed by atoms with Crippen molar-refractivity contribution in [3.63, 3.8) is 0 Å². The molecule has 0 aliphatic carbocycles. The summed E-state index contributed by atoms with van der Waals surface area (Å²) in [4.78, 5) is 16.4. The molecule has 5 nitrogen and oxygen atoms in total. The fourth-order valence-corrected chi connectivity index (χ4v) is 3.33. The Balaban J connectivity index is 1.59. The van der Waals surface area contributed by atoms with Crippen molar-refractivity contribution in [1.29, 1.82) is 0 Å². The summed E-state index contributed by atoms with van der Waals surface area (Å²) in [5.74, 6) is 1.41. The number of rotatable bonds is 4. The molecular weight excluding hydrogens is 312 g/mol. The average Bonchev–Trinajstić information content (AvgIpc) is 3.07. The summed E-state index contributed by atoms with van der Waals surface area (Å²) in [5, 5.41) is 6.30. The van der Waals surface area contributed by atoms with E-state index in [1.807, 2.05) is 29.6 Å². The van der Waals surface area contributed by atoms with Gasteiger partial charge in [-0.2, -0.15) is 0 Å². The molecule has 0 radical (unpaired) electrons. The highest BCUT2D eigenvalue weighted by molar-refractivity contribution is 7.09. The number of aromatic nitrogens is 1. The Morgan fingerprint density at radius 1 is 1.13 bits per heavy atom. The molecule has 23 heavy (non-hydrogen) atoms. The third-order valence-electron chi connectivity index (χ3n) is 3.78. The summed E-state index contributed by atoms with van der Waals surface area (Å²) in [7, 11) is 0. The Kier molecular flexibility index (Phi) is 3.77. The molecule has 0 fully saturated rings. The first-order valence-electron chi connectivity index (χ1n) is 7.48. The van der Waals surface area contributed by atoms with Gasteiger partial charge in [-0.1, -0.05) is 6.07 Å². The summed E-state index contributed by atoms with van der Waals surface area (Å²) in [6.45, 7) is 2.37. The van der Waals surface area contributed by atoms with Crippen molar-refractivity contribution < 1.29 is 9.47 Å². The molecule has 2 aromatic heterocycles. The summed E-state index contributed by atoms with van der Waals surface area (Å²) in [6.07, 6.45) is 0. The van der Waals surface area contributed by atoms with E-state index < -0.39 is 0 Å². The summed E-state index contributed by atoms with van der Waals surface area (Å²) in [6, 6.07) is 9.76. The largest absolute Gasteiger partial charge is 0.486 e. The molecule has 1 aromatic carbocycles. The predicted molar refractivity (Wildman–Crippen MR) is 90.4 cm³/mol. The summed E-state index contributed by atoms with van der Waals surface area (Å²) < 4.78 is 11.2. The van der Waals surface area contributed by atoms with Crippen molar-refractivity contribution in [2.45, 2.75) is 13.1 Å². The smallest absolute Gasteiger partial charge is 0.252 e. The maximum absolute atomic E-state index is 12.2. The van der Waals surface area contributed by atoms with E-state index in [-0.39, 0.29) is 5.56 Å². The maximum atomic E-state index is 12.2. The summed E-state index contributed by atoms with van der Waals surface area (Å²) in [5.41, 5.74) is 1.40. The minimum absolute atomic E-state index is 0.0761. The van der Waals surface area contributed by atoms with Gasteiger partial charge in [0.2, 0.25) is 0 Å². The second kappa shape index (κ2) is 6.06. The first-order valence-corrected chi connectivity index (χ1v) is 8.36. The SMILES string of the molecule is O=c1[nH]c2cc3c(cc2cc1CNCc1cccs1)OCCO3. The fraction of sp³-hybridized carbons (Fsp3) is 0.235. The molecule has 6 heteroatoms. The van der Waals surface area contributed by atoms with Gasteiger partial charge in [0, 0.05) is 35.0 Å². The number of fused-ring (bicyclic) bond motifs is 2. The molecular formula is C17H16N2O3S. The number of aromatic amines is 1. The first kappa shape index (κ1) is 14.3. The van der Waals surface area contributed by atoms with E-state index in [0.29, 0.717) is 31.1 Å². The number of benzene rings is 1. The number of nitrogens with one attached hydrogen (secondary N) is 2. The van der Waals surface area contributed by atoms with Crippen LogP contribution < -0.4 is 20.3 Å². The van der Waals surface area contributed by atoms with Crippen LogP contribution in [0.4, 0.5) is 0 Å². The average molecular weight is 328 g/mol. The van der Waals surface area contributed by atoms with Crippen LogP contribution in [0.25, 0.3) is 10.9 Å². The van der Waals surface area contributed by atoms with E-state index in [9.17, 15) is 4.79 Å². The number of thiophene rings is 1. The zero-order chi connectivity index (χ0) is 15.6. The molecule has 0 amide bonds. The predicted octanol–water partition coefficient (Wildman–Crippen LogP) is 2.65. The minimum Gasteiger partial charge on any atom is -0.486 e. The molecule has 0 unspecified atom stereocenters. The van der Waals surface area contributed by atoms with Gasteiger partial charge in [-0.15, -0.1) is 11.3 Å². The Bertz CT molecular complexity index is 887. The molecule has 2 N–H and O–H groups in total. The van der Waals surface area contributed by atoms with Gasteiger partial charge in [-0.3, -0.25) is 4.79 Å². The molecule has 0 bridgehead atoms. The number of H-pyrrole nitrogens is 1. The first-order chi connectivity index (χ1) is 11.3. The molecule has 118 valence electrons. The third kappa shape index (κ3) is 2.95. The van der Waals surface area contributed by atoms with Crippen LogP contribution in [0.2, 0.25) is 0 Å². The van der Waals surface area contributed by atoms with Gasteiger partial charge in [0.15, 0.2) is 11.5 Å². The Morgan fingerprint density at radius 3 is 2.74 bits per heavy atom. The highest BCUT2D eigenvalue weighted by atomic mass is 32.1. The lowest BCUT2D eigenvalue weighted by atomic mass is 10.1. The van der Waals surface area contributed by atoms with E-state index in [1.165, 1.54) is 4.88 Å². The zero-order valence-corrected chi connectivity index (χ0v) is 13.2. The van der Waals surface area contributed by atoms with Crippen LogP contribution in [-0.2, 0) is 13.1 Å². The standard InChI is InChI=1S/C17H16N2O3S/c20-17-12(9-18-10-13-2-1-5-23-13)6-11-7-15-16(8-14(11)19-17)22-4-3-21-15/h1-2,5-8,18H,3-4,9-10H2,(H,19,20). The van der Waals surface area contributed by atoms with Crippen molar-refractivity contribution in [3.05, 3.63) is 56.5 Å². The number of hydrogen-bond acceptors (Lipinski definition) is 5. The van der Waals surface area contributed by atoms with Crippen LogP contribution in [-0.4, -0.2) is 18.2 Å². The van der Waals surface area contributed by atoms with E-state index in [2.05, 4.69) is 16.4 Å². The van der Waals surface area contributed by atoms with Crippen molar-refractivity contribution in [3.8, 4) is 11.5 Å². The Labute approximate surface area is 136 Å². The van der Waals surface area contributed by atoms with Crippen molar-refractivity contribution in [1.82, 2.24) is 10.3 Å². The lowest BCUT2D eigenvalue weighted by Crippen LogP contribution is -2.21. The van der Waals surface area contributed by atoms with E-state index in [1.54, 1.807) is 11.3 Å². The van der Waals surface area contributed by atoms with Crippen LogP contribution in [0.15, 0.2) is 40.5 Å². The fourth-order valence-electron chi connectivity index (χ4n) is 2.65.